The molecule has 0 aliphatic carbocycles. The second kappa shape index (κ2) is 4.46. The monoisotopic (exact) mass is 259 g/mol. The smallest absolute Gasteiger partial charge is 0.170 e. The maximum Gasteiger partial charge on any atom is 0.170 e. The van der Waals surface area contributed by atoms with Crippen molar-refractivity contribution in [2.24, 2.45) is 0 Å². The Labute approximate surface area is 112 Å². The van der Waals surface area contributed by atoms with Crippen molar-refractivity contribution in [2.45, 2.75) is 31.8 Å². The molecule has 3 rings (SSSR count). The van der Waals surface area contributed by atoms with Gasteiger partial charge < -0.3 is 10.1 Å². The minimum Gasteiger partial charge on any atom is -0.486 e. The average molecular weight is 259 g/mol. The first-order valence-electron chi connectivity index (χ1n) is 6.68. The van der Waals surface area contributed by atoms with Crippen LogP contribution >= 0.6 is 0 Å². The number of hydrogen-bond donors (Lipinski definition) is 1. The number of rotatable bonds is 1. The molecule has 1 saturated heterocycles. The molecule has 19 heavy (non-hydrogen) atoms. The van der Waals surface area contributed by atoms with Crippen LogP contribution in [0.15, 0.2) is 18.2 Å². The first kappa shape index (κ1) is 12.4. The normalized spacial score (nSPS) is 20.8. The Morgan fingerprint density at radius 3 is 2.74 bits per heavy atom. The molecular formula is C15H17NO3. The highest BCUT2D eigenvalue weighted by molar-refractivity contribution is 6.02. The first-order chi connectivity index (χ1) is 9.10. The Kier molecular flexibility index (Phi) is 2.90. The van der Waals surface area contributed by atoms with Crippen molar-refractivity contribution in [3.05, 3.63) is 29.3 Å². The summed E-state index contributed by atoms with van der Waals surface area (Å²) in [5.41, 5.74) is 0.830. The number of piperidine rings is 1. The molecule has 100 valence electrons. The van der Waals surface area contributed by atoms with Gasteiger partial charge in [-0.2, -0.15) is 0 Å². The van der Waals surface area contributed by atoms with Crippen molar-refractivity contribution < 1.29 is 14.3 Å². The lowest BCUT2D eigenvalue weighted by Crippen LogP contribution is -2.49. The third-order valence-electron chi connectivity index (χ3n) is 4.01. The molecule has 0 aromatic heterocycles. The quantitative estimate of drug-likeness (QED) is 0.783. The Morgan fingerprint density at radius 2 is 2.05 bits per heavy atom. The van der Waals surface area contributed by atoms with Crippen molar-refractivity contribution in [3.8, 4) is 5.75 Å². The maximum absolute atomic E-state index is 12.3. The summed E-state index contributed by atoms with van der Waals surface area (Å²) < 4.78 is 6.11. The van der Waals surface area contributed by atoms with Gasteiger partial charge in [-0.25, -0.2) is 0 Å². The molecule has 0 unspecified atom stereocenters. The summed E-state index contributed by atoms with van der Waals surface area (Å²) >= 11 is 0. The Morgan fingerprint density at radius 1 is 1.32 bits per heavy atom. The Bertz CT molecular complexity index is 544. The van der Waals surface area contributed by atoms with E-state index in [1.54, 1.807) is 18.2 Å². The van der Waals surface area contributed by atoms with E-state index in [1.807, 2.05) is 0 Å². The maximum atomic E-state index is 12.3. The summed E-state index contributed by atoms with van der Waals surface area (Å²) in [6, 6.07) is 5.11. The van der Waals surface area contributed by atoms with Gasteiger partial charge in [0.1, 0.15) is 11.4 Å². The number of fused-ring (bicyclic) bond motifs is 1. The summed E-state index contributed by atoms with van der Waals surface area (Å²) in [6.07, 6.45) is 2.12. The molecule has 2 aliphatic heterocycles. The zero-order valence-electron chi connectivity index (χ0n) is 11.0. The lowest BCUT2D eigenvalue weighted by Gasteiger charge is -2.40. The third kappa shape index (κ3) is 2.16. The molecule has 1 N–H and O–H groups in total. The van der Waals surface area contributed by atoms with Gasteiger partial charge in [0.05, 0.1) is 12.0 Å². The van der Waals surface area contributed by atoms with E-state index in [0.717, 1.165) is 25.9 Å². The van der Waals surface area contributed by atoms with Gasteiger partial charge >= 0.3 is 0 Å². The second-order valence-electron chi connectivity index (χ2n) is 5.40. The molecule has 4 heteroatoms. The number of nitrogens with one attached hydrogen (secondary N) is 1. The summed E-state index contributed by atoms with van der Waals surface area (Å²) in [7, 11) is 0. The highest BCUT2D eigenvalue weighted by Crippen LogP contribution is 2.38. The minimum atomic E-state index is -0.370. The van der Waals surface area contributed by atoms with E-state index >= 15 is 0 Å². The molecule has 0 amide bonds. The van der Waals surface area contributed by atoms with Crippen molar-refractivity contribution in [1.82, 2.24) is 5.32 Å². The van der Waals surface area contributed by atoms with E-state index in [4.69, 9.17) is 4.74 Å². The van der Waals surface area contributed by atoms with E-state index in [9.17, 15) is 9.59 Å². The molecule has 1 aromatic carbocycles. The molecule has 1 spiro atoms. The summed E-state index contributed by atoms with van der Waals surface area (Å²) in [5.74, 6) is 0.688. The Hall–Kier alpha value is -1.68. The number of carbonyl (C=O) groups excluding carboxylic acids is 2. The lowest BCUT2D eigenvalue weighted by molar-refractivity contribution is 0.0186. The van der Waals surface area contributed by atoms with Gasteiger partial charge in [0, 0.05) is 18.4 Å². The van der Waals surface area contributed by atoms with Crippen LogP contribution in [0.5, 0.6) is 5.75 Å². The van der Waals surface area contributed by atoms with Crippen LogP contribution in [0.3, 0.4) is 0 Å². The van der Waals surface area contributed by atoms with E-state index in [-0.39, 0.29) is 17.2 Å². The molecule has 1 aromatic rings. The largest absolute Gasteiger partial charge is 0.486 e. The van der Waals surface area contributed by atoms with Gasteiger partial charge in [0.25, 0.3) is 0 Å². The average Bonchev–Trinajstić information content (AvgIpc) is 2.38. The minimum absolute atomic E-state index is 0.0104. The van der Waals surface area contributed by atoms with Crippen LogP contribution in [-0.4, -0.2) is 30.3 Å². The van der Waals surface area contributed by atoms with E-state index < -0.39 is 0 Å². The SMILES string of the molecule is CC(=O)c1ccc2c(c1)OC1(CCNCC1)CC2=O. The third-order valence-corrected chi connectivity index (χ3v) is 4.01. The molecule has 0 bridgehead atoms. The van der Waals surface area contributed by atoms with Gasteiger partial charge in [-0.05, 0) is 32.1 Å². The predicted octanol–water partition coefficient (Wildman–Crippen LogP) is 1.98. The van der Waals surface area contributed by atoms with Crippen molar-refractivity contribution >= 4 is 11.6 Å². The van der Waals surface area contributed by atoms with E-state index in [1.165, 1.54) is 6.92 Å². The fourth-order valence-corrected chi connectivity index (χ4v) is 2.87. The molecular weight excluding hydrogens is 242 g/mol. The number of ketones is 2. The first-order valence-corrected chi connectivity index (χ1v) is 6.68. The van der Waals surface area contributed by atoms with Gasteiger partial charge in [0.2, 0.25) is 0 Å². The highest BCUT2D eigenvalue weighted by Gasteiger charge is 2.41. The van der Waals surface area contributed by atoms with Crippen LogP contribution < -0.4 is 10.1 Å². The van der Waals surface area contributed by atoms with Crippen LogP contribution in [-0.2, 0) is 0 Å². The van der Waals surface area contributed by atoms with E-state index in [0.29, 0.717) is 23.3 Å². The molecule has 0 atom stereocenters. The molecule has 4 nitrogen and oxygen atoms in total. The van der Waals surface area contributed by atoms with E-state index in [2.05, 4.69) is 5.32 Å². The molecule has 0 saturated carbocycles. The zero-order valence-corrected chi connectivity index (χ0v) is 11.0. The van der Waals surface area contributed by atoms with Crippen molar-refractivity contribution in [2.75, 3.05) is 13.1 Å². The lowest BCUT2D eigenvalue weighted by atomic mass is 9.83. The summed E-state index contributed by atoms with van der Waals surface area (Å²) in [6.45, 7) is 3.26. The van der Waals surface area contributed by atoms with Gasteiger partial charge in [-0.1, -0.05) is 6.07 Å². The number of hydrogen-bond acceptors (Lipinski definition) is 4. The van der Waals surface area contributed by atoms with Crippen molar-refractivity contribution in [3.63, 3.8) is 0 Å². The predicted molar refractivity (Wildman–Crippen MR) is 70.9 cm³/mol. The van der Waals surface area contributed by atoms with Gasteiger partial charge in [0.15, 0.2) is 11.6 Å². The van der Waals surface area contributed by atoms with Crippen LogP contribution in [0.1, 0.15) is 46.9 Å². The highest BCUT2D eigenvalue weighted by atomic mass is 16.5. The van der Waals surface area contributed by atoms with Crippen LogP contribution in [0.2, 0.25) is 0 Å². The van der Waals surface area contributed by atoms with Crippen molar-refractivity contribution in [1.29, 1.82) is 0 Å². The fourth-order valence-electron chi connectivity index (χ4n) is 2.87. The van der Waals surface area contributed by atoms with Crippen LogP contribution in [0.4, 0.5) is 0 Å². The number of ether oxygens (including phenoxy) is 1. The number of benzene rings is 1. The standard InChI is InChI=1S/C15H17NO3/c1-10(17)11-2-3-12-13(18)9-15(19-14(12)8-11)4-6-16-7-5-15/h2-3,8,16H,4-7,9H2,1H3. The Balaban J connectivity index is 1.99. The topological polar surface area (TPSA) is 55.4 Å². The number of Topliss-reactive ketones (excluding diaryl/α,β-unsaturated/α-hetero) is 2. The molecule has 1 fully saturated rings. The second-order valence-corrected chi connectivity index (χ2v) is 5.40. The van der Waals surface area contributed by atoms with Gasteiger partial charge in [-0.15, -0.1) is 0 Å². The molecule has 2 heterocycles. The van der Waals surface area contributed by atoms with Gasteiger partial charge in [-0.3, -0.25) is 9.59 Å². The van der Waals surface area contributed by atoms with Crippen LogP contribution in [0, 0.1) is 0 Å². The van der Waals surface area contributed by atoms with Crippen LogP contribution in [0.25, 0.3) is 0 Å². The number of carbonyl (C=O) groups is 2. The zero-order chi connectivity index (χ0) is 13.5. The molecule has 2 aliphatic rings. The summed E-state index contributed by atoms with van der Waals surface area (Å²) in [4.78, 5) is 23.7. The summed E-state index contributed by atoms with van der Waals surface area (Å²) in [5, 5.41) is 3.28. The molecule has 0 radical (unpaired) electrons. The fraction of sp³-hybridized carbons (Fsp3) is 0.467.